The second-order valence-corrected chi connectivity index (χ2v) is 3.66. The van der Waals surface area contributed by atoms with Gasteiger partial charge in [-0.05, 0) is 23.1 Å². The number of rotatable bonds is 4. The van der Waals surface area contributed by atoms with E-state index in [-0.39, 0.29) is 17.4 Å². The van der Waals surface area contributed by atoms with Crippen LogP contribution in [0.5, 0.6) is 0 Å². The second kappa shape index (κ2) is 5.33. The molecule has 0 heterocycles. The van der Waals surface area contributed by atoms with E-state index in [1.165, 1.54) is 12.1 Å². The standard InChI is InChI=1S/C10H11Cl2NO2/c1-2-10-7(5-11)3-9(13(14)15)4-8(10)6-12/h3-4H,2,5-6H2,1H3. The molecule has 15 heavy (non-hydrogen) atoms. The zero-order valence-electron chi connectivity index (χ0n) is 8.30. The Labute approximate surface area is 98.2 Å². The molecule has 0 aliphatic rings. The number of hydrogen-bond donors (Lipinski definition) is 0. The van der Waals surface area contributed by atoms with Crippen molar-refractivity contribution >= 4 is 28.9 Å². The van der Waals surface area contributed by atoms with E-state index in [0.717, 1.165) is 23.1 Å². The summed E-state index contributed by atoms with van der Waals surface area (Å²) in [5, 5.41) is 10.7. The lowest BCUT2D eigenvalue weighted by molar-refractivity contribution is -0.385. The van der Waals surface area contributed by atoms with Crippen LogP contribution in [-0.4, -0.2) is 4.92 Å². The highest BCUT2D eigenvalue weighted by atomic mass is 35.5. The van der Waals surface area contributed by atoms with Gasteiger partial charge in [-0.25, -0.2) is 0 Å². The number of nitro benzene ring substituents is 1. The van der Waals surface area contributed by atoms with E-state index in [9.17, 15) is 10.1 Å². The first-order valence-electron chi connectivity index (χ1n) is 4.55. The predicted octanol–water partition coefficient (Wildman–Crippen LogP) is 3.63. The fraction of sp³-hybridized carbons (Fsp3) is 0.400. The summed E-state index contributed by atoms with van der Waals surface area (Å²) >= 11 is 11.5. The summed E-state index contributed by atoms with van der Waals surface area (Å²) in [5.41, 5.74) is 2.66. The Bertz CT molecular complexity index is 355. The van der Waals surface area contributed by atoms with Gasteiger partial charge in [-0.1, -0.05) is 6.92 Å². The van der Waals surface area contributed by atoms with Crippen LogP contribution < -0.4 is 0 Å². The molecule has 1 rings (SSSR count). The van der Waals surface area contributed by atoms with Gasteiger partial charge in [0, 0.05) is 23.9 Å². The van der Waals surface area contributed by atoms with Crippen LogP contribution in [0, 0.1) is 10.1 Å². The van der Waals surface area contributed by atoms with E-state index in [1.54, 1.807) is 0 Å². The van der Waals surface area contributed by atoms with Crippen LogP contribution in [0.25, 0.3) is 0 Å². The summed E-state index contributed by atoms with van der Waals surface area (Å²) in [6, 6.07) is 3.03. The summed E-state index contributed by atoms with van der Waals surface area (Å²) in [6.45, 7) is 1.98. The Morgan fingerprint density at radius 3 is 2.00 bits per heavy atom. The number of halogens is 2. The molecule has 82 valence electrons. The number of nitrogens with zero attached hydrogens (tertiary/aromatic N) is 1. The molecule has 0 aliphatic carbocycles. The molecule has 1 aromatic rings. The normalized spacial score (nSPS) is 10.3. The molecular weight excluding hydrogens is 237 g/mol. The van der Waals surface area contributed by atoms with Gasteiger partial charge in [0.25, 0.3) is 5.69 Å². The fourth-order valence-electron chi connectivity index (χ4n) is 1.58. The second-order valence-electron chi connectivity index (χ2n) is 3.12. The smallest absolute Gasteiger partial charge is 0.258 e. The minimum Gasteiger partial charge on any atom is -0.258 e. The lowest BCUT2D eigenvalue weighted by Crippen LogP contribution is -1.99. The van der Waals surface area contributed by atoms with Gasteiger partial charge in [0.1, 0.15) is 0 Å². The zero-order valence-corrected chi connectivity index (χ0v) is 9.81. The molecule has 0 aromatic heterocycles. The Hall–Kier alpha value is -0.800. The van der Waals surface area contributed by atoms with E-state index >= 15 is 0 Å². The van der Waals surface area contributed by atoms with Crippen LogP contribution >= 0.6 is 23.2 Å². The highest BCUT2D eigenvalue weighted by Gasteiger charge is 2.14. The van der Waals surface area contributed by atoms with Gasteiger partial charge in [-0.3, -0.25) is 10.1 Å². The van der Waals surface area contributed by atoms with Gasteiger partial charge in [0.2, 0.25) is 0 Å². The number of non-ortho nitro benzene ring substituents is 1. The van der Waals surface area contributed by atoms with Crippen molar-refractivity contribution in [3.63, 3.8) is 0 Å². The van der Waals surface area contributed by atoms with Gasteiger partial charge in [0.15, 0.2) is 0 Å². The average Bonchev–Trinajstić information content (AvgIpc) is 2.26. The first kappa shape index (κ1) is 12.3. The van der Waals surface area contributed by atoms with Gasteiger partial charge in [-0.15, -0.1) is 23.2 Å². The number of benzene rings is 1. The minimum atomic E-state index is -0.425. The predicted molar refractivity (Wildman–Crippen MR) is 61.6 cm³/mol. The number of hydrogen-bond acceptors (Lipinski definition) is 2. The lowest BCUT2D eigenvalue weighted by atomic mass is 10.00. The van der Waals surface area contributed by atoms with Crippen molar-refractivity contribution in [1.29, 1.82) is 0 Å². The number of alkyl halides is 2. The maximum atomic E-state index is 10.7. The van der Waals surface area contributed by atoms with Crippen LogP contribution in [0.2, 0.25) is 0 Å². The topological polar surface area (TPSA) is 43.1 Å². The molecule has 0 saturated carbocycles. The van der Waals surface area contributed by atoms with Crippen molar-refractivity contribution in [1.82, 2.24) is 0 Å². The van der Waals surface area contributed by atoms with Gasteiger partial charge >= 0.3 is 0 Å². The van der Waals surface area contributed by atoms with Crippen molar-refractivity contribution in [2.45, 2.75) is 25.1 Å². The first-order chi connectivity index (χ1) is 7.13. The molecule has 1 aromatic carbocycles. The molecule has 0 atom stereocenters. The number of nitro groups is 1. The van der Waals surface area contributed by atoms with E-state index in [2.05, 4.69) is 0 Å². The van der Waals surface area contributed by atoms with Crippen LogP contribution in [0.15, 0.2) is 12.1 Å². The van der Waals surface area contributed by atoms with E-state index in [1.807, 2.05) is 6.92 Å². The summed E-state index contributed by atoms with van der Waals surface area (Å²) in [7, 11) is 0. The Morgan fingerprint density at radius 2 is 1.73 bits per heavy atom. The summed E-state index contributed by atoms with van der Waals surface area (Å²) in [6.07, 6.45) is 0.780. The van der Waals surface area contributed by atoms with Crippen molar-refractivity contribution in [2.24, 2.45) is 0 Å². The van der Waals surface area contributed by atoms with Crippen LogP contribution in [-0.2, 0) is 18.2 Å². The molecule has 0 amide bonds. The maximum Gasteiger partial charge on any atom is 0.270 e. The van der Waals surface area contributed by atoms with E-state index < -0.39 is 4.92 Å². The summed E-state index contributed by atoms with van der Waals surface area (Å²) in [5.74, 6) is 0.545. The molecule has 0 fully saturated rings. The summed E-state index contributed by atoms with van der Waals surface area (Å²) < 4.78 is 0. The molecule has 5 heteroatoms. The fourth-order valence-corrected chi connectivity index (χ4v) is 2.05. The minimum absolute atomic E-state index is 0.0542. The largest absolute Gasteiger partial charge is 0.270 e. The van der Waals surface area contributed by atoms with E-state index in [0.29, 0.717) is 0 Å². The van der Waals surface area contributed by atoms with Crippen LogP contribution in [0.1, 0.15) is 23.6 Å². The molecule has 0 N–H and O–H groups in total. The molecule has 0 spiro atoms. The molecule has 3 nitrogen and oxygen atoms in total. The van der Waals surface area contributed by atoms with Gasteiger partial charge in [-0.2, -0.15) is 0 Å². The Morgan fingerprint density at radius 1 is 1.27 bits per heavy atom. The molecule has 0 radical (unpaired) electrons. The summed E-state index contributed by atoms with van der Waals surface area (Å²) in [4.78, 5) is 10.2. The van der Waals surface area contributed by atoms with Gasteiger partial charge < -0.3 is 0 Å². The monoisotopic (exact) mass is 247 g/mol. The molecule has 0 saturated heterocycles. The third-order valence-corrected chi connectivity index (χ3v) is 2.85. The first-order valence-corrected chi connectivity index (χ1v) is 5.61. The van der Waals surface area contributed by atoms with Gasteiger partial charge in [0.05, 0.1) is 4.92 Å². The Balaban J connectivity index is 3.35. The average molecular weight is 248 g/mol. The van der Waals surface area contributed by atoms with Crippen LogP contribution in [0.4, 0.5) is 5.69 Å². The zero-order chi connectivity index (χ0) is 11.4. The van der Waals surface area contributed by atoms with Crippen LogP contribution in [0.3, 0.4) is 0 Å². The molecule has 0 unspecified atom stereocenters. The molecular formula is C10H11Cl2NO2. The SMILES string of the molecule is CCc1c(CCl)cc([N+](=O)[O-])cc1CCl. The van der Waals surface area contributed by atoms with E-state index in [4.69, 9.17) is 23.2 Å². The van der Waals surface area contributed by atoms with Crippen molar-refractivity contribution in [3.05, 3.63) is 38.9 Å². The van der Waals surface area contributed by atoms with Crippen molar-refractivity contribution < 1.29 is 4.92 Å². The van der Waals surface area contributed by atoms with Crippen molar-refractivity contribution in [2.75, 3.05) is 0 Å². The quantitative estimate of drug-likeness (QED) is 0.463. The maximum absolute atomic E-state index is 10.7. The highest BCUT2D eigenvalue weighted by molar-refractivity contribution is 6.18. The highest BCUT2D eigenvalue weighted by Crippen LogP contribution is 2.25. The third kappa shape index (κ3) is 2.61. The third-order valence-electron chi connectivity index (χ3n) is 2.27. The Kier molecular flexibility index (Phi) is 4.36. The molecule has 0 bridgehead atoms. The lowest BCUT2D eigenvalue weighted by Gasteiger charge is -2.09. The molecule has 0 aliphatic heterocycles. The van der Waals surface area contributed by atoms with Crippen molar-refractivity contribution in [3.8, 4) is 0 Å².